The van der Waals surface area contributed by atoms with E-state index in [1.165, 1.54) is 6.42 Å². The Kier molecular flexibility index (Phi) is 3.45. The maximum atomic E-state index is 10.4. The fourth-order valence-electron chi connectivity index (χ4n) is 2.83. The van der Waals surface area contributed by atoms with Crippen molar-refractivity contribution in [1.29, 1.82) is 5.26 Å². The van der Waals surface area contributed by atoms with Crippen LogP contribution in [0, 0.1) is 28.1 Å². The molecule has 1 rings (SSSR count). The van der Waals surface area contributed by atoms with Crippen LogP contribution in [0.25, 0.3) is 0 Å². The fraction of sp³-hybridized carbons (Fsp3) is 0.923. The Labute approximate surface area is 93.3 Å². The zero-order valence-electron chi connectivity index (χ0n) is 10.4. The van der Waals surface area contributed by atoms with Gasteiger partial charge in [-0.25, -0.2) is 0 Å². The summed E-state index contributed by atoms with van der Waals surface area (Å²) in [5.41, 5.74) is -0.706. The van der Waals surface area contributed by atoms with Gasteiger partial charge in [0.2, 0.25) is 0 Å². The Morgan fingerprint density at radius 1 is 1.47 bits per heavy atom. The third kappa shape index (κ3) is 2.52. The van der Waals surface area contributed by atoms with Crippen LogP contribution in [0.2, 0.25) is 0 Å². The highest BCUT2D eigenvalue weighted by molar-refractivity contribution is 5.08. The smallest absolute Gasteiger partial charge is 0.0840 e. The molecule has 0 aromatic heterocycles. The van der Waals surface area contributed by atoms with E-state index in [-0.39, 0.29) is 5.41 Å². The molecule has 2 heteroatoms. The van der Waals surface area contributed by atoms with Crippen molar-refractivity contribution >= 4 is 0 Å². The molecule has 0 spiro atoms. The molecule has 0 radical (unpaired) electrons. The first-order valence-corrected chi connectivity index (χ1v) is 5.91. The normalized spacial score (nSPS) is 34.5. The van der Waals surface area contributed by atoms with Crippen molar-refractivity contribution in [2.45, 2.75) is 59.5 Å². The Balaban J connectivity index is 2.90. The van der Waals surface area contributed by atoms with Crippen LogP contribution in [0.15, 0.2) is 0 Å². The van der Waals surface area contributed by atoms with Crippen molar-refractivity contribution < 1.29 is 5.11 Å². The van der Waals surface area contributed by atoms with Gasteiger partial charge in [0.25, 0.3) is 0 Å². The Bertz CT molecular complexity index is 261. The highest BCUT2D eigenvalue weighted by atomic mass is 16.3. The van der Waals surface area contributed by atoms with Gasteiger partial charge in [-0.2, -0.15) is 5.26 Å². The number of rotatable bonds is 1. The monoisotopic (exact) mass is 209 g/mol. The van der Waals surface area contributed by atoms with E-state index in [2.05, 4.69) is 13.0 Å². The molecule has 1 aliphatic carbocycles. The maximum Gasteiger partial charge on any atom is 0.0840 e. The first-order chi connectivity index (χ1) is 6.82. The van der Waals surface area contributed by atoms with E-state index in [0.717, 1.165) is 19.3 Å². The summed E-state index contributed by atoms with van der Waals surface area (Å²) in [6, 6.07) is 2.40. The van der Waals surface area contributed by atoms with Gasteiger partial charge in [0.05, 0.1) is 17.6 Å². The average Bonchev–Trinajstić information content (AvgIpc) is 2.15. The summed E-state index contributed by atoms with van der Waals surface area (Å²) in [5.74, 6) is 0.565. The van der Waals surface area contributed by atoms with Crippen molar-refractivity contribution in [3.05, 3.63) is 0 Å². The van der Waals surface area contributed by atoms with E-state index in [1.807, 2.05) is 20.8 Å². The van der Waals surface area contributed by atoms with E-state index >= 15 is 0 Å². The van der Waals surface area contributed by atoms with Gasteiger partial charge in [-0.15, -0.1) is 0 Å². The van der Waals surface area contributed by atoms with E-state index in [4.69, 9.17) is 0 Å². The molecule has 3 atom stereocenters. The van der Waals surface area contributed by atoms with Gasteiger partial charge in [-0.3, -0.25) is 0 Å². The lowest BCUT2D eigenvalue weighted by atomic mass is 9.62. The Morgan fingerprint density at radius 2 is 2.07 bits per heavy atom. The van der Waals surface area contributed by atoms with Crippen LogP contribution in [0.1, 0.15) is 53.4 Å². The second-order valence-electron chi connectivity index (χ2n) is 6.24. The summed E-state index contributed by atoms with van der Waals surface area (Å²) in [6.45, 7) is 8.21. The lowest BCUT2D eigenvalue weighted by Crippen LogP contribution is -2.45. The van der Waals surface area contributed by atoms with Crippen LogP contribution >= 0.6 is 0 Å². The molecule has 3 unspecified atom stereocenters. The summed E-state index contributed by atoms with van der Waals surface area (Å²) in [7, 11) is 0. The molecule has 1 aliphatic rings. The van der Waals surface area contributed by atoms with Crippen LogP contribution in [-0.4, -0.2) is 11.2 Å². The summed E-state index contributed by atoms with van der Waals surface area (Å²) < 4.78 is 0. The van der Waals surface area contributed by atoms with E-state index < -0.39 is 11.5 Å². The molecule has 1 fully saturated rings. The molecule has 0 bridgehead atoms. The first-order valence-electron chi connectivity index (χ1n) is 5.91. The van der Waals surface area contributed by atoms with Crippen molar-refractivity contribution in [3.63, 3.8) is 0 Å². The van der Waals surface area contributed by atoms with E-state index in [9.17, 15) is 10.4 Å². The predicted molar refractivity (Wildman–Crippen MR) is 61.1 cm³/mol. The standard InChI is InChI=1S/C13H23NO/c1-10-6-5-7-13(8-10,9-14)11(15)12(2,3)4/h10-11,15H,5-8H2,1-4H3. The van der Waals surface area contributed by atoms with E-state index in [1.54, 1.807) is 0 Å². The number of aliphatic hydroxyl groups excluding tert-OH is 1. The predicted octanol–water partition coefficient (Wildman–Crippen LogP) is 3.11. The molecule has 0 saturated heterocycles. The van der Waals surface area contributed by atoms with Gasteiger partial charge >= 0.3 is 0 Å². The summed E-state index contributed by atoms with van der Waals surface area (Å²) in [5, 5.41) is 19.7. The molecular weight excluding hydrogens is 186 g/mol. The van der Waals surface area contributed by atoms with Crippen LogP contribution in [0.5, 0.6) is 0 Å². The van der Waals surface area contributed by atoms with Crippen molar-refractivity contribution in [1.82, 2.24) is 0 Å². The van der Waals surface area contributed by atoms with Gasteiger partial charge in [0, 0.05) is 0 Å². The topological polar surface area (TPSA) is 44.0 Å². The highest BCUT2D eigenvalue weighted by Crippen LogP contribution is 2.46. The average molecular weight is 209 g/mol. The van der Waals surface area contributed by atoms with Gasteiger partial charge < -0.3 is 5.11 Å². The number of hydrogen-bond acceptors (Lipinski definition) is 2. The summed E-state index contributed by atoms with van der Waals surface area (Å²) in [4.78, 5) is 0. The van der Waals surface area contributed by atoms with Crippen molar-refractivity contribution in [2.24, 2.45) is 16.7 Å². The minimum atomic E-state index is -0.516. The Hall–Kier alpha value is -0.550. The second kappa shape index (κ2) is 4.14. The van der Waals surface area contributed by atoms with Crippen LogP contribution < -0.4 is 0 Å². The van der Waals surface area contributed by atoms with Crippen LogP contribution in [0.4, 0.5) is 0 Å². The molecule has 1 N–H and O–H groups in total. The minimum Gasteiger partial charge on any atom is -0.391 e. The third-order valence-electron chi connectivity index (χ3n) is 3.60. The molecule has 1 saturated carbocycles. The quantitative estimate of drug-likeness (QED) is 0.721. The van der Waals surface area contributed by atoms with Crippen molar-refractivity contribution in [3.8, 4) is 6.07 Å². The first kappa shape index (κ1) is 12.5. The summed E-state index contributed by atoms with van der Waals surface area (Å²) in [6.07, 6.45) is 3.45. The fourth-order valence-corrected chi connectivity index (χ4v) is 2.83. The minimum absolute atomic E-state index is 0.202. The van der Waals surface area contributed by atoms with Gasteiger partial charge in [-0.05, 0) is 24.2 Å². The lowest BCUT2D eigenvalue weighted by molar-refractivity contribution is -0.0469. The van der Waals surface area contributed by atoms with E-state index in [0.29, 0.717) is 5.92 Å². The van der Waals surface area contributed by atoms with Gasteiger partial charge in [-0.1, -0.05) is 40.5 Å². The third-order valence-corrected chi connectivity index (χ3v) is 3.60. The molecule has 0 amide bonds. The van der Waals surface area contributed by atoms with Crippen LogP contribution in [0.3, 0.4) is 0 Å². The number of nitriles is 1. The number of nitrogens with zero attached hydrogens (tertiary/aromatic N) is 1. The van der Waals surface area contributed by atoms with Gasteiger partial charge in [0.15, 0.2) is 0 Å². The molecule has 0 aromatic rings. The molecule has 15 heavy (non-hydrogen) atoms. The maximum absolute atomic E-state index is 10.4. The van der Waals surface area contributed by atoms with Crippen molar-refractivity contribution in [2.75, 3.05) is 0 Å². The Morgan fingerprint density at radius 3 is 2.47 bits per heavy atom. The number of hydrogen-bond donors (Lipinski definition) is 1. The molecule has 0 aromatic carbocycles. The molecule has 0 aliphatic heterocycles. The number of aliphatic hydroxyl groups is 1. The molecular formula is C13H23NO. The van der Waals surface area contributed by atoms with Crippen LogP contribution in [-0.2, 0) is 0 Å². The second-order valence-corrected chi connectivity index (χ2v) is 6.24. The zero-order valence-corrected chi connectivity index (χ0v) is 10.4. The molecule has 86 valence electrons. The molecule has 0 heterocycles. The van der Waals surface area contributed by atoms with Gasteiger partial charge in [0.1, 0.15) is 0 Å². The highest BCUT2D eigenvalue weighted by Gasteiger charge is 2.46. The summed E-state index contributed by atoms with van der Waals surface area (Å²) >= 11 is 0. The zero-order chi connectivity index (χ0) is 11.7. The SMILES string of the molecule is CC1CCCC(C#N)(C(O)C(C)(C)C)C1. The lowest BCUT2D eigenvalue weighted by Gasteiger charge is -2.43. The molecule has 2 nitrogen and oxygen atoms in total. The largest absolute Gasteiger partial charge is 0.391 e.